The summed E-state index contributed by atoms with van der Waals surface area (Å²) >= 11 is 0. The first-order valence-electron chi connectivity index (χ1n) is 4.90. The highest BCUT2D eigenvalue weighted by Gasteiger charge is 2.31. The second kappa shape index (κ2) is 3.49. The van der Waals surface area contributed by atoms with Crippen molar-refractivity contribution in [3.63, 3.8) is 0 Å². The number of aromatic nitrogens is 2. The zero-order valence-corrected chi connectivity index (χ0v) is 10.2. The van der Waals surface area contributed by atoms with E-state index in [2.05, 4.69) is 12.0 Å². The second-order valence-electron chi connectivity index (χ2n) is 4.05. The van der Waals surface area contributed by atoms with E-state index in [0.717, 1.165) is 0 Å². The molecule has 1 aliphatic rings. The van der Waals surface area contributed by atoms with Gasteiger partial charge in [-0.2, -0.15) is 5.10 Å². The summed E-state index contributed by atoms with van der Waals surface area (Å²) in [5.41, 5.74) is 0.629. The van der Waals surface area contributed by atoms with E-state index >= 15 is 0 Å². The predicted molar refractivity (Wildman–Crippen MR) is 57.4 cm³/mol. The summed E-state index contributed by atoms with van der Waals surface area (Å²) in [5, 5.41) is 4.10. The van der Waals surface area contributed by atoms with Gasteiger partial charge in [-0.05, 0) is 32.6 Å². The molecule has 0 amide bonds. The van der Waals surface area contributed by atoms with E-state index in [9.17, 15) is 8.42 Å². The van der Waals surface area contributed by atoms with Gasteiger partial charge < -0.3 is 0 Å². The SMILES string of the molecule is Cc1c(S(=O)(=O)Cl)cnn1C(C)C1CC1. The third-order valence-corrected chi connectivity index (χ3v) is 4.38. The Morgan fingerprint density at radius 1 is 1.60 bits per heavy atom. The Morgan fingerprint density at radius 2 is 2.20 bits per heavy atom. The highest BCUT2D eigenvalue weighted by molar-refractivity contribution is 8.13. The van der Waals surface area contributed by atoms with Gasteiger partial charge in [-0.1, -0.05) is 0 Å². The number of rotatable bonds is 3. The lowest BCUT2D eigenvalue weighted by atomic mass is 10.2. The molecule has 15 heavy (non-hydrogen) atoms. The maximum Gasteiger partial charge on any atom is 0.264 e. The molecule has 0 spiro atoms. The molecule has 2 rings (SSSR count). The molecular formula is C9H13ClN2O2S. The van der Waals surface area contributed by atoms with Crippen LogP contribution in [0.15, 0.2) is 11.1 Å². The van der Waals surface area contributed by atoms with E-state index < -0.39 is 9.05 Å². The van der Waals surface area contributed by atoms with E-state index in [1.807, 2.05) is 0 Å². The summed E-state index contributed by atoms with van der Waals surface area (Å²) in [7, 11) is 1.63. The molecule has 6 heteroatoms. The Hall–Kier alpha value is -0.550. The van der Waals surface area contributed by atoms with Crippen molar-refractivity contribution in [2.24, 2.45) is 5.92 Å². The van der Waals surface area contributed by atoms with E-state index in [4.69, 9.17) is 10.7 Å². The number of hydrogen-bond donors (Lipinski definition) is 0. The number of hydrogen-bond acceptors (Lipinski definition) is 3. The summed E-state index contributed by atoms with van der Waals surface area (Å²) < 4.78 is 24.1. The van der Waals surface area contributed by atoms with Crippen molar-refractivity contribution in [1.29, 1.82) is 0 Å². The molecule has 1 aliphatic carbocycles. The monoisotopic (exact) mass is 248 g/mol. The molecule has 1 aromatic heterocycles. The van der Waals surface area contributed by atoms with Crippen LogP contribution in [-0.2, 0) is 9.05 Å². The molecule has 1 aromatic rings. The molecule has 0 aliphatic heterocycles. The summed E-state index contributed by atoms with van der Waals surface area (Å²) in [6, 6.07) is 0.261. The molecule has 0 bridgehead atoms. The fraction of sp³-hybridized carbons (Fsp3) is 0.667. The van der Waals surface area contributed by atoms with Crippen LogP contribution in [0.4, 0.5) is 0 Å². The Balaban J connectivity index is 2.39. The first-order valence-corrected chi connectivity index (χ1v) is 7.21. The molecular weight excluding hydrogens is 236 g/mol. The number of halogens is 1. The molecule has 1 saturated carbocycles. The molecule has 0 aromatic carbocycles. The molecule has 4 nitrogen and oxygen atoms in total. The van der Waals surface area contributed by atoms with Gasteiger partial charge in [-0.15, -0.1) is 0 Å². The van der Waals surface area contributed by atoms with E-state index in [1.54, 1.807) is 11.6 Å². The van der Waals surface area contributed by atoms with Gasteiger partial charge in [0, 0.05) is 10.7 Å². The maximum atomic E-state index is 11.2. The topological polar surface area (TPSA) is 52.0 Å². The average Bonchev–Trinajstić information content (AvgIpc) is 2.87. The quantitative estimate of drug-likeness (QED) is 0.770. The third kappa shape index (κ3) is 2.03. The van der Waals surface area contributed by atoms with Crippen LogP contribution in [0.25, 0.3) is 0 Å². The molecule has 84 valence electrons. The van der Waals surface area contributed by atoms with Gasteiger partial charge in [0.2, 0.25) is 0 Å². The fourth-order valence-electron chi connectivity index (χ4n) is 1.84. The van der Waals surface area contributed by atoms with Gasteiger partial charge in [-0.25, -0.2) is 8.42 Å². The summed E-state index contributed by atoms with van der Waals surface area (Å²) in [4.78, 5) is 0.122. The van der Waals surface area contributed by atoms with Crippen LogP contribution in [0.2, 0.25) is 0 Å². The van der Waals surface area contributed by atoms with Gasteiger partial charge in [0.15, 0.2) is 0 Å². The first kappa shape index (κ1) is 11.0. The van der Waals surface area contributed by atoms with E-state index in [1.165, 1.54) is 19.0 Å². The van der Waals surface area contributed by atoms with Crippen LogP contribution >= 0.6 is 10.7 Å². The summed E-state index contributed by atoms with van der Waals surface area (Å²) in [6.07, 6.45) is 3.73. The van der Waals surface area contributed by atoms with Gasteiger partial charge >= 0.3 is 0 Å². The van der Waals surface area contributed by atoms with Crippen molar-refractivity contribution in [1.82, 2.24) is 9.78 Å². The molecule has 0 radical (unpaired) electrons. The highest BCUT2D eigenvalue weighted by atomic mass is 35.7. The lowest BCUT2D eigenvalue weighted by Gasteiger charge is -2.12. The van der Waals surface area contributed by atoms with Gasteiger partial charge in [-0.3, -0.25) is 4.68 Å². The van der Waals surface area contributed by atoms with Crippen LogP contribution in [0.1, 0.15) is 31.5 Å². The van der Waals surface area contributed by atoms with Crippen molar-refractivity contribution in [3.05, 3.63) is 11.9 Å². The minimum atomic E-state index is -3.66. The van der Waals surface area contributed by atoms with Crippen molar-refractivity contribution < 1.29 is 8.42 Å². The minimum absolute atomic E-state index is 0.122. The number of nitrogens with zero attached hydrogens (tertiary/aromatic N) is 2. The molecule has 1 fully saturated rings. The lowest BCUT2D eigenvalue weighted by Crippen LogP contribution is -2.11. The van der Waals surface area contributed by atoms with Gasteiger partial charge in [0.05, 0.1) is 17.9 Å². The smallest absolute Gasteiger partial charge is 0.264 e. The summed E-state index contributed by atoms with van der Waals surface area (Å²) in [6.45, 7) is 3.80. The van der Waals surface area contributed by atoms with Crippen molar-refractivity contribution in [3.8, 4) is 0 Å². The standard InChI is InChI=1S/C9H13ClN2O2S/c1-6(8-3-4-8)12-7(2)9(5-11-12)15(10,13)14/h5-6,8H,3-4H2,1-2H3. The third-order valence-electron chi connectivity index (χ3n) is 2.95. The van der Waals surface area contributed by atoms with Crippen LogP contribution in [0.3, 0.4) is 0 Å². The Kier molecular flexibility index (Phi) is 2.55. The summed E-state index contributed by atoms with van der Waals surface area (Å²) in [5.74, 6) is 0.634. The van der Waals surface area contributed by atoms with Crippen LogP contribution in [-0.4, -0.2) is 18.2 Å². The Labute approximate surface area is 93.7 Å². The van der Waals surface area contributed by atoms with Gasteiger partial charge in [0.25, 0.3) is 9.05 Å². The predicted octanol–water partition coefficient (Wildman–Crippen LogP) is 2.09. The van der Waals surface area contributed by atoms with E-state index in [0.29, 0.717) is 11.6 Å². The first-order chi connectivity index (χ1) is 6.91. The molecule has 0 N–H and O–H groups in total. The zero-order valence-electron chi connectivity index (χ0n) is 8.64. The van der Waals surface area contributed by atoms with Crippen molar-refractivity contribution in [2.75, 3.05) is 0 Å². The molecule has 1 unspecified atom stereocenters. The Bertz CT molecular complexity index is 476. The molecule has 1 heterocycles. The second-order valence-corrected chi connectivity index (χ2v) is 6.59. The van der Waals surface area contributed by atoms with Crippen LogP contribution < -0.4 is 0 Å². The van der Waals surface area contributed by atoms with Crippen LogP contribution in [0.5, 0.6) is 0 Å². The van der Waals surface area contributed by atoms with Gasteiger partial charge in [0.1, 0.15) is 4.90 Å². The lowest BCUT2D eigenvalue weighted by molar-refractivity contribution is 0.430. The maximum absolute atomic E-state index is 11.2. The van der Waals surface area contributed by atoms with Crippen LogP contribution in [0, 0.1) is 12.8 Å². The average molecular weight is 249 g/mol. The fourth-order valence-corrected chi connectivity index (χ4v) is 2.91. The highest BCUT2D eigenvalue weighted by Crippen LogP contribution is 2.40. The largest absolute Gasteiger partial charge is 0.265 e. The van der Waals surface area contributed by atoms with Crippen molar-refractivity contribution in [2.45, 2.75) is 37.6 Å². The molecule has 0 saturated heterocycles. The molecule has 1 atom stereocenters. The zero-order chi connectivity index (χ0) is 11.2. The van der Waals surface area contributed by atoms with E-state index in [-0.39, 0.29) is 10.9 Å². The van der Waals surface area contributed by atoms with Crippen molar-refractivity contribution >= 4 is 19.7 Å². The minimum Gasteiger partial charge on any atom is -0.265 e. The normalized spacial score (nSPS) is 19.1. The Morgan fingerprint density at radius 3 is 2.60 bits per heavy atom.